The van der Waals surface area contributed by atoms with Gasteiger partial charge in [-0.2, -0.15) is 0 Å². The van der Waals surface area contributed by atoms with Gasteiger partial charge in [0.1, 0.15) is 29.9 Å². The maximum atomic E-state index is 12.9. The lowest BCUT2D eigenvalue weighted by Crippen LogP contribution is -2.71. The summed E-state index contributed by atoms with van der Waals surface area (Å²) >= 11 is 2.46. The molecule has 1 saturated heterocycles. The molecule has 2 amide bonds. The van der Waals surface area contributed by atoms with E-state index in [1.54, 1.807) is 29.1 Å². The first-order chi connectivity index (χ1) is 16.3. The van der Waals surface area contributed by atoms with Crippen molar-refractivity contribution in [3.63, 3.8) is 0 Å². The molecule has 2 aliphatic rings. The average Bonchev–Trinajstić information content (AvgIpc) is 3.26. The molecule has 2 aliphatic heterocycles. The summed E-state index contributed by atoms with van der Waals surface area (Å²) in [6.45, 7) is 0.233. The van der Waals surface area contributed by atoms with Crippen molar-refractivity contribution < 1.29 is 33.7 Å². The number of hydrogen-bond donors (Lipinski definition) is 3. The largest absolute Gasteiger partial charge is 0.477 e. The standard InChI is InChI=1S/C20H18N6O6S2/c1-32-24-13(12-9-34-20(21)22-12)16(28)23-14-17(29)26-15(19(30)31)11(8-33-18(14)26)6-25-4-2-10(7-27)3-5-25/h2-5,7,9,14,18H,6,8H2,1H3,(H3-,21,22,23,28,30,31)/p+1/b24-13-/t14-,18-/m1/s1. The molecule has 0 saturated carbocycles. The highest BCUT2D eigenvalue weighted by Gasteiger charge is 2.54. The predicted molar refractivity (Wildman–Crippen MR) is 122 cm³/mol. The highest BCUT2D eigenvalue weighted by molar-refractivity contribution is 8.00. The van der Waals surface area contributed by atoms with Gasteiger partial charge in [0, 0.05) is 34.4 Å². The van der Waals surface area contributed by atoms with Crippen LogP contribution in [0.2, 0.25) is 0 Å². The average molecular weight is 504 g/mol. The lowest BCUT2D eigenvalue weighted by atomic mass is 10.0. The number of aromatic nitrogens is 2. The third-order valence-electron chi connectivity index (χ3n) is 5.13. The number of nitrogen functional groups attached to an aromatic ring is 1. The van der Waals surface area contributed by atoms with Gasteiger partial charge in [-0.25, -0.2) is 14.3 Å². The number of nitrogens with two attached hydrogens (primary N) is 1. The predicted octanol–water partition coefficient (Wildman–Crippen LogP) is -0.385. The Morgan fingerprint density at radius 1 is 1.44 bits per heavy atom. The summed E-state index contributed by atoms with van der Waals surface area (Å²) in [6, 6.07) is 2.29. The van der Waals surface area contributed by atoms with E-state index in [1.807, 2.05) is 0 Å². The van der Waals surface area contributed by atoms with Crippen LogP contribution in [0.3, 0.4) is 0 Å². The summed E-state index contributed by atoms with van der Waals surface area (Å²) in [6.07, 6.45) is 4.04. The van der Waals surface area contributed by atoms with E-state index in [0.717, 1.165) is 11.3 Å². The number of anilines is 1. The van der Waals surface area contributed by atoms with Crippen molar-refractivity contribution in [1.29, 1.82) is 0 Å². The first kappa shape index (κ1) is 23.4. The van der Waals surface area contributed by atoms with Gasteiger partial charge in [-0.05, 0) is 0 Å². The molecule has 0 spiro atoms. The van der Waals surface area contributed by atoms with Gasteiger partial charge in [0.25, 0.3) is 11.8 Å². The van der Waals surface area contributed by atoms with Crippen molar-refractivity contribution >= 4 is 58.0 Å². The Kier molecular flexibility index (Phi) is 6.61. The Labute approximate surface area is 201 Å². The van der Waals surface area contributed by atoms with Gasteiger partial charge in [0.15, 0.2) is 36.1 Å². The number of thiazole rings is 1. The number of carboxylic acid groups (broad SMARTS) is 1. The molecule has 4 heterocycles. The molecular formula is C20H19N6O6S2+. The topological polar surface area (TPSA) is 168 Å². The highest BCUT2D eigenvalue weighted by atomic mass is 32.2. The van der Waals surface area contributed by atoms with Gasteiger partial charge in [-0.15, -0.1) is 23.1 Å². The van der Waals surface area contributed by atoms with Crippen LogP contribution in [0, 0.1) is 0 Å². The third-order valence-corrected chi connectivity index (χ3v) is 7.14. The lowest BCUT2D eigenvalue weighted by molar-refractivity contribution is -0.689. The van der Waals surface area contributed by atoms with E-state index < -0.39 is 29.2 Å². The summed E-state index contributed by atoms with van der Waals surface area (Å²) < 4.78 is 1.72. The fourth-order valence-corrected chi connectivity index (χ4v) is 5.46. The SMILES string of the molecule is CO/N=C(\C(=O)N[C@@H]1C(=O)N2C(C(=O)O)=C(C[n+]3ccc(C=O)cc3)CS[C@H]12)c1csc(N)n1. The Morgan fingerprint density at radius 2 is 2.18 bits per heavy atom. The number of rotatable bonds is 8. The fraction of sp³-hybridized carbons (Fsp3) is 0.250. The number of aldehydes is 1. The monoisotopic (exact) mass is 503 g/mol. The van der Waals surface area contributed by atoms with Crippen LogP contribution in [0.1, 0.15) is 16.1 Å². The van der Waals surface area contributed by atoms with Crippen molar-refractivity contribution in [3.8, 4) is 0 Å². The van der Waals surface area contributed by atoms with Crippen LogP contribution in [-0.4, -0.2) is 69.1 Å². The summed E-state index contributed by atoms with van der Waals surface area (Å²) in [5, 5.41) is 17.3. The summed E-state index contributed by atoms with van der Waals surface area (Å²) in [5.41, 5.74) is 6.61. The van der Waals surface area contributed by atoms with Crippen molar-refractivity contribution in [2.45, 2.75) is 18.0 Å². The summed E-state index contributed by atoms with van der Waals surface area (Å²) in [7, 11) is 1.27. The van der Waals surface area contributed by atoms with Crippen molar-refractivity contribution in [2.24, 2.45) is 5.16 Å². The number of pyridine rings is 1. The number of β-lactam (4-membered cyclic amide) rings is 1. The van der Waals surface area contributed by atoms with Crippen LogP contribution in [-0.2, 0) is 25.8 Å². The molecule has 4 rings (SSSR count). The number of hydrogen-bond acceptors (Lipinski definition) is 10. The highest BCUT2D eigenvalue weighted by Crippen LogP contribution is 2.40. The maximum absolute atomic E-state index is 12.9. The second kappa shape index (κ2) is 9.61. The zero-order valence-corrected chi connectivity index (χ0v) is 19.3. The molecule has 2 atom stereocenters. The minimum Gasteiger partial charge on any atom is -0.477 e. The van der Waals surface area contributed by atoms with E-state index in [1.165, 1.54) is 29.2 Å². The minimum atomic E-state index is -1.23. The number of oxime groups is 1. The number of aliphatic carboxylic acids is 1. The van der Waals surface area contributed by atoms with Gasteiger partial charge in [0.05, 0.1) is 0 Å². The van der Waals surface area contributed by atoms with Gasteiger partial charge < -0.3 is 21.0 Å². The third kappa shape index (κ3) is 4.36. The van der Waals surface area contributed by atoms with E-state index in [-0.39, 0.29) is 28.8 Å². The first-order valence-corrected chi connectivity index (χ1v) is 11.7. The van der Waals surface area contributed by atoms with E-state index in [9.17, 15) is 24.3 Å². The molecule has 0 aliphatic carbocycles. The van der Waals surface area contributed by atoms with Crippen molar-refractivity contribution in [3.05, 3.63) is 52.4 Å². The smallest absolute Gasteiger partial charge is 0.352 e. The molecule has 0 radical (unpaired) electrons. The molecule has 4 N–H and O–H groups in total. The van der Waals surface area contributed by atoms with Crippen LogP contribution in [0.25, 0.3) is 0 Å². The molecule has 0 unspecified atom stereocenters. The Bertz CT molecular complexity index is 1220. The van der Waals surface area contributed by atoms with Gasteiger partial charge >= 0.3 is 5.97 Å². The second-order valence-corrected chi connectivity index (χ2v) is 9.23. The number of fused-ring (bicyclic) bond motifs is 1. The number of carboxylic acids is 1. The van der Waals surface area contributed by atoms with E-state index in [4.69, 9.17) is 10.6 Å². The number of nitrogens with one attached hydrogen (secondary N) is 1. The van der Waals surface area contributed by atoms with Crippen LogP contribution >= 0.6 is 23.1 Å². The van der Waals surface area contributed by atoms with E-state index in [0.29, 0.717) is 23.2 Å². The summed E-state index contributed by atoms with van der Waals surface area (Å²) in [5.74, 6) is -2.13. The number of amides is 2. The lowest BCUT2D eigenvalue weighted by Gasteiger charge is -2.49. The van der Waals surface area contributed by atoms with Gasteiger partial charge in [0.2, 0.25) is 0 Å². The van der Waals surface area contributed by atoms with Gasteiger partial charge in [-0.1, -0.05) is 5.16 Å². The second-order valence-electron chi connectivity index (χ2n) is 7.23. The number of carbonyl (C=O) groups excluding carboxylic acids is 3. The molecule has 14 heteroatoms. The molecule has 2 aromatic heterocycles. The quantitative estimate of drug-likeness (QED) is 0.143. The zero-order chi connectivity index (χ0) is 24.4. The van der Waals surface area contributed by atoms with E-state index >= 15 is 0 Å². The van der Waals surface area contributed by atoms with Crippen LogP contribution in [0.4, 0.5) is 5.13 Å². The number of nitrogens with zero attached hydrogens (tertiary/aromatic N) is 4. The Balaban J connectivity index is 1.52. The van der Waals surface area contributed by atoms with Crippen molar-refractivity contribution in [2.75, 3.05) is 18.6 Å². The van der Waals surface area contributed by atoms with Crippen LogP contribution in [0.15, 0.2) is 46.3 Å². The maximum Gasteiger partial charge on any atom is 0.352 e. The number of thioether (sulfide) groups is 1. The molecule has 0 bridgehead atoms. The van der Waals surface area contributed by atoms with Crippen LogP contribution < -0.4 is 15.6 Å². The molecule has 1 fully saturated rings. The molecule has 2 aromatic rings. The normalized spacial score (nSPS) is 19.9. The van der Waals surface area contributed by atoms with E-state index in [2.05, 4.69) is 15.5 Å². The Hall–Kier alpha value is -3.78. The molecular weight excluding hydrogens is 484 g/mol. The zero-order valence-electron chi connectivity index (χ0n) is 17.7. The Morgan fingerprint density at radius 3 is 2.76 bits per heavy atom. The molecule has 176 valence electrons. The first-order valence-electron chi connectivity index (χ1n) is 9.81. The summed E-state index contributed by atoms with van der Waals surface area (Å²) in [4.78, 5) is 58.5. The molecule has 12 nitrogen and oxygen atoms in total. The van der Waals surface area contributed by atoms with Crippen molar-refractivity contribution in [1.82, 2.24) is 15.2 Å². The number of carbonyl (C=O) groups is 4. The van der Waals surface area contributed by atoms with Gasteiger partial charge in [-0.3, -0.25) is 19.3 Å². The fourth-order valence-electron chi connectivity index (χ4n) is 3.58. The molecule has 34 heavy (non-hydrogen) atoms. The van der Waals surface area contributed by atoms with Crippen LogP contribution in [0.5, 0.6) is 0 Å². The molecule has 0 aromatic carbocycles. The minimum absolute atomic E-state index is 0.107.